The van der Waals surface area contributed by atoms with Crippen LogP contribution in [-0.2, 0) is 6.54 Å². The number of nitrogens with one attached hydrogen (secondary N) is 3. The number of ether oxygens (including phenoxy) is 1. The molecule has 0 atom stereocenters. The van der Waals surface area contributed by atoms with Crippen LogP contribution >= 0.6 is 0 Å². The lowest BCUT2D eigenvalue weighted by Crippen LogP contribution is -2.40. The van der Waals surface area contributed by atoms with Crippen molar-refractivity contribution in [1.29, 1.82) is 0 Å². The Kier molecular flexibility index (Phi) is 7.54. The lowest BCUT2D eigenvalue weighted by atomic mass is 10.1. The van der Waals surface area contributed by atoms with Crippen LogP contribution in [0.4, 0.5) is 9.18 Å². The normalized spacial score (nSPS) is 10.2. The minimum atomic E-state index is -0.429. The van der Waals surface area contributed by atoms with Crippen LogP contribution in [0.25, 0.3) is 0 Å². The molecule has 3 N–H and O–H groups in total. The maximum absolute atomic E-state index is 13.5. The van der Waals surface area contributed by atoms with E-state index in [0.717, 1.165) is 5.56 Å². The number of aromatic nitrogens is 1. The van der Waals surface area contributed by atoms with Gasteiger partial charge in [0.25, 0.3) is 5.91 Å². The monoisotopic (exact) mass is 374 g/mol. The van der Waals surface area contributed by atoms with Crippen molar-refractivity contribution >= 4 is 11.9 Å². The first-order valence-electron chi connectivity index (χ1n) is 8.64. The zero-order valence-corrected chi connectivity index (χ0v) is 15.3. The van der Waals surface area contributed by atoms with E-state index in [1.165, 1.54) is 6.07 Å². The van der Waals surface area contributed by atoms with Gasteiger partial charge >= 0.3 is 6.03 Å². The second-order valence-corrected chi connectivity index (χ2v) is 5.73. The Hall–Kier alpha value is -3.16. The number of amides is 3. The average Bonchev–Trinajstić information content (AvgIpc) is 2.66. The fourth-order valence-corrected chi connectivity index (χ4v) is 2.25. The van der Waals surface area contributed by atoms with E-state index < -0.39 is 11.7 Å². The van der Waals surface area contributed by atoms with Crippen molar-refractivity contribution in [2.24, 2.45) is 0 Å². The summed E-state index contributed by atoms with van der Waals surface area (Å²) in [5, 5.41) is 7.95. The summed E-state index contributed by atoms with van der Waals surface area (Å²) in [6, 6.07) is 7.49. The molecule has 2 aromatic rings. The molecule has 0 aliphatic rings. The van der Waals surface area contributed by atoms with Crippen LogP contribution in [0.1, 0.15) is 28.4 Å². The first-order chi connectivity index (χ1) is 13.0. The maximum Gasteiger partial charge on any atom is 0.315 e. The van der Waals surface area contributed by atoms with E-state index in [1.807, 2.05) is 13.0 Å². The Balaban J connectivity index is 1.70. The van der Waals surface area contributed by atoms with Gasteiger partial charge in [-0.2, -0.15) is 0 Å². The van der Waals surface area contributed by atoms with Crippen LogP contribution in [0.15, 0.2) is 36.5 Å². The molecule has 0 spiro atoms. The third-order valence-corrected chi connectivity index (χ3v) is 3.70. The molecule has 8 heteroatoms. The van der Waals surface area contributed by atoms with Gasteiger partial charge in [-0.15, -0.1) is 0 Å². The number of pyridine rings is 1. The van der Waals surface area contributed by atoms with Gasteiger partial charge in [-0.25, -0.2) is 14.2 Å². The molecule has 0 radical (unpaired) electrons. The molecule has 1 aromatic carbocycles. The molecule has 27 heavy (non-hydrogen) atoms. The van der Waals surface area contributed by atoms with Crippen molar-refractivity contribution < 1.29 is 18.7 Å². The number of hydrogen-bond donors (Lipinski definition) is 3. The van der Waals surface area contributed by atoms with Gasteiger partial charge in [-0.3, -0.25) is 4.79 Å². The first kappa shape index (κ1) is 20.2. The standard InChI is InChI=1S/C19H23FN4O3/c1-3-27-18-15(5-4-8-22-18)12-24-19(26)23-10-9-21-17(25)14-7-6-13(2)16(20)11-14/h4-8,11H,3,9-10,12H2,1-2H3,(H,21,25)(H2,23,24,26). The quantitative estimate of drug-likeness (QED) is 0.618. The highest BCUT2D eigenvalue weighted by molar-refractivity contribution is 5.94. The fraction of sp³-hybridized carbons (Fsp3) is 0.316. The lowest BCUT2D eigenvalue weighted by Gasteiger charge is -2.11. The van der Waals surface area contributed by atoms with E-state index in [-0.39, 0.29) is 31.2 Å². The molecule has 0 bridgehead atoms. The number of rotatable bonds is 8. The van der Waals surface area contributed by atoms with Crippen LogP contribution < -0.4 is 20.7 Å². The number of halogens is 1. The van der Waals surface area contributed by atoms with Crippen molar-refractivity contribution in [3.05, 3.63) is 59.0 Å². The molecule has 0 unspecified atom stereocenters. The minimum Gasteiger partial charge on any atom is -0.478 e. The topological polar surface area (TPSA) is 92.3 Å². The van der Waals surface area contributed by atoms with Crippen LogP contribution in [0.5, 0.6) is 5.88 Å². The summed E-state index contributed by atoms with van der Waals surface area (Å²) >= 11 is 0. The van der Waals surface area contributed by atoms with Crippen molar-refractivity contribution in [2.75, 3.05) is 19.7 Å². The highest BCUT2D eigenvalue weighted by atomic mass is 19.1. The largest absolute Gasteiger partial charge is 0.478 e. The predicted octanol–water partition coefficient (Wildman–Crippen LogP) is 2.16. The molecule has 0 saturated carbocycles. The number of urea groups is 1. The van der Waals surface area contributed by atoms with Gasteiger partial charge in [0.15, 0.2) is 0 Å². The molecule has 0 aliphatic carbocycles. The zero-order valence-electron chi connectivity index (χ0n) is 15.3. The van der Waals surface area contributed by atoms with E-state index >= 15 is 0 Å². The summed E-state index contributed by atoms with van der Waals surface area (Å²) in [7, 11) is 0. The van der Waals surface area contributed by atoms with E-state index in [1.54, 1.807) is 31.3 Å². The Morgan fingerprint density at radius 2 is 1.93 bits per heavy atom. The molecule has 0 fully saturated rings. The molecular weight excluding hydrogens is 351 g/mol. The number of hydrogen-bond acceptors (Lipinski definition) is 4. The number of carbonyl (C=O) groups excluding carboxylic acids is 2. The SMILES string of the molecule is CCOc1ncccc1CNC(=O)NCCNC(=O)c1ccc(C)c(F)c1. The smallest absolute Gasteiger partial charge is 0.315 e. The Morgan fingerprint density at radius 1 is 1.15 bits per heavy atom. The van der Waals surface area contributed by atoms with Crippen molar-refractivity contribution in [2.45, 2.75) is 20.4 Å². The molecule has 0 aliphatic heterocycles. The molecule has 2 rings (SSSR count). The zero-order chi connectivity index (χ0) is 19.6. The Morgan fingerprint density at radius 3 is 2.67 bits per heavy atom. The minimum absolute atomic E-state index is 0.221. The summed E-state index contributed by atoms with van der Waals surface area (Å²) in [4.78, 5) is 27.9. The Bertz CT molecular complexity index is 798. The molecule has 0 saturated heterocycles. The maximum atomic E-state index is 13.5. The second kappa shape index (κ2) is 10.1. The molecule has 7 nitrogen and oxygen atoms in total. The predicted molar refractivity (Wildman–Crippen MR) is 99.1 cm³/mol. The number of carbonyl (C=O) groups is 2. The summed E-state index contributed by atoms with van der Waals surface area (Å²) in [6.07, 6.45) is 1.62. The first-order valence-corrected chi connectivity index (χ1v) is 8.64. The molecular formula is C19H23FN4O3. The van der Waals surface area contributed by atoms with Gasteiger partial charge in [-0.05, 0) is 37.6 Å². The third-order valence-electron chi connectivity index (χ3n) is 3.70. The fourth-order valence-electron chi connectivity index (χ4n) is 2.25. The molecule has 144 valence electrons. The van der Waals surface area contributed by atoms with Gasteiger partial charge in [-0.1, -0.05) is 12.1 Å². The third kappa shape index (κ3) is 6.25. The van der Waals surface area contributed by atoms with Crippen LogP contribution in [0.3, 0.4) is 0 Å². The van der Waals surface area contributed by atoms with E-state index in [4.69, 9.17) is 4.74 Å². The average molecular weight is 374 g/mol. The Labute approximate surface area is 157 Å². The van der Waals surface area contributed by atoms with Gasteiger partial charge in [0, 0.05) is 37.0 Å². The summed E-state index contributed by atoms with van der Waals surface area (Å²) in [5.41, 5.74) is 1.48. The lowest BCUT2D eigenvalue weighted by molar-refractivity contribution is 0.0953. The van der Waals surface area contributed by atoms with Gasteiger partial charge in [0.05, 0.1) is 6.61 Å². The van der Waals surface area contributed by atoms with Crippen molar-refractivity contribution in [3.8, 4) is 5.88 Å². The number of benzene rings is 1. The molecule has 1 heterocycles. The van der Waals surface area contributed by atoms with Gasteiger partial charge in [0.1, 0.15) is 5.82 Å². The summed E-state index contributed by atoms with van der Waals surface area (Å²) in [5.74, 6) is -0.340. The number of nitrogens with zero attached hydrogens (tertiary/aromatic N) is 1. The highest BCUT2D eigenvalue weighted by Crippen LogP contribution is 2.13. The van der Waals surface area contributed by atoms with E-state index in [0.29, 0.717) is 18.1 Å². The second-order valence-electron chi connectivity index (χ2n) is 5.73. The van der Waals surface area contributed by atoms with Gasteiger partial charge < -0.3 is 20.7 Å². The summed E-state index contributed by atoms with van der Waals surface area (Å²) < 4.78 is 18.9. The van der Waals surface area contributed by atoms with Crippen LogP contribution in [0.2, 0.25) is 0 Å². The highest BCUT2D eigenvalue weighted by Gasteiger charge is 2.09. The molecule has 1 aromatic heterocycles. The summed E-state index contributed by atoms with van der Waals surface area (Å²) in [6.45, 7) is 4.70. The number of aryl methyl sites for hydroxylation is 1. The van der Waals surface area contributed by atoms with Crippen LogP contribution in [-0.4, -0.2) is 36.6 Å². The van der Waals surface area contributed by atoms with Crippen LogP contribution in [0, 0.1) is 12.7 Å². The molecule has 3 amide bonds. The van der Waals surface area contributed by atoms with Crippen molar-refractivity contribution in [3.63, 3.8) is 0 Å². The van der Waals surface area contributed by atoms with Gasteiger partial charge in [0.2, 0.25) is 5.88 Å². The van der Waals surface area contributed by atoms with E-state index in [2.05, 4.69) is 20.9 Å². The van der Waals surface area contributed by atoms with Crippen molar-refractivity contribution in [1.82, 2.24) is 20.9 Å². The van der Waals surface area contributed by atoms with E-state index in [9.17, 15) is 14.0 Å².